The minimum Gasteiger partial charge on any atom is -0.381 e. The number of aromatic nitrogens is 4. The maximum atomic E-state index is 12.3. The summed E-state index contributed by atoms with van der Waals surface area (Å²) >= 11 is 0. The molecule has 0 saturated carbocycles. The summed E-state index contributed by atoms with van der Waals surface area (Å²) in [5.74, 6) is 1.47. The highest BCUT2D eigenvalue weighted by Gasteiger charge is 2.21. The van der Waals surface area contributed by atoms with Crippen LogP contribution in [0.1, 0.15) is 46.5 Å². The van der Waals surface area contributed by atoms with Gasteiger partial charge in [-0.25, -0.2) is 4.98 Å². The smallest absolute Gasteiger partial charge is 0.269 e. The predicted molar refractivity (Wildman–Crippen MR) is 90.0 cm³/mol. The highest BCUT2D eigenvalue weighted by molar-refractivity contribution is 5.92. The molecule has 0 unspecified atom stereocenters. The minimum absolute atomic E-state index is 0.0940. The van der Waals surface area contributed by atoms with Gasteiger partial charge in [-0.1, -0.05) is 0 Å². The number of hydrogen-bond donors (Lipinski definition) is 1. The van der Waals surface area contributed by atoms with E-state index in [0.717, 1.165) is 49.8 Å². The fourth-order valence-electron chi connectivity index (χ4n) is 3.25. The summed E-state index contributed by atoms with van der Waals surface area (Å²) < 4.78 is 9.27. The van der Waals surface area contributed by atoms with Crippen molar-refractivity contribution in [3.63, 3.8) is 0 Å². The Bertz CT molecular complexity index is 713. The van der Waals surface area contributed by atoms with Gasteiger partial charge in [0.25, 0.3) is 5.91 Å². The van der Waals surface area contributed by atoms with Crippen LogP contribution in [0.4, 0.5) is 0 Å². The summed E-state index contributed by atoms with van der Waals surface area (Å²) in [4.78, 5) is 16.9. The van der Waals surface area contributed by atoms with Crippen LogP contribution in [0, 0.1) is 13.8 Å². The number of carbonyl (C=O) groups excluding carboxylic acids is 1. The standard InChI is InChI=1S/C17H25N5O2/c1-12-10-15(21(3)20-12)17(23)18-6-7-22-13(2)11-19-16(22)14-4-8-24-9-5-14/h10-11,14H,4-9H2,1-3H3,(H,18,23). The lowest BCUT2D eigenvalue weighted by Gasteiger charge is -2.23. The maximum absolute atomic E-state index is 12.3. The van der Waals surface area contributed by atoms with Gasteiger partial charge in [-0.2, -0.15) is 5.10 Å². The van der Waals surface area contributed by atoms with Gasteiger partial charge in [0.2, 0.25) is 0 Å². The Balaban J connectivity index is 1.61. The van der Waals surface area contributed by atoms with E-state index in [4.69, 9.17) is 4.74 Å². The Morgan fingerprint density at radius 2 is 2.12 bits per heavy atom. The van der Waals surface area contributed by atoms with Crippen LogP contribution in [0.5, 0.6) is 0 Å². The molecule has 3 heterocycles. The third kappa shape index (κ3) is 3.51. The van der Waals surface area contributed by atoms with Crippen LogP contribution in [0.3, 0.4) is 0 Å². The van der Waals surface area contributed by atoms with Gasteiger partial charge in [-0.05, 0) is 32.8 Å². The lowest BCUT2D eigenvalue weighted by molar-refractivity contribution is 0.0827. The summed E-state index contributed by atoms with van der Waals surface area (Å²) in [5.41, 5.74) is 2.55. The molecule has 1 amide bonds. The first kappa shape index (κ1) is 16.7. The van der Waals surface area contributed by atoms with Gasteiger partial charge in [-0.3, -0.25) is 9.48 Å². The maximum Gasteiger partial charge on any atom is 0.269 e. The second kappa shape index (κ2) is 7.17. The zero-order valence-corrected chi connectivity index (χ0v) is 14.6. The monoisotopic (exact) mass is 331 g/mol. The molecule has 0 radical (unpaired) electrons. The number of rotatable bonds is 5. The summed E-state index contributed by atoms with van der Waals surface area (Å²) in [7, 11) is 1.78. The highest BCUT2D eigenvalue weighted by Crippen LogP contribution is 2.26. The van der Waals surface area contributed by atoms with Crippen LogP contribution >= 0.6 is 0 Å². The van der Waals surface area contributed by atoms with Gasteiger partial charge < -0.3 is 14.6 Å². The van der Waals surface area contributed by atoms with Crippen LogP contribution in [0.15, 0.2) is 12.3 Å². The largest absolute Gasteiger partial charge is 0.381 e. The second-order valence-corrected chi connectivity index (χ2v) is 6.35. The van der Waals surface area contributed by atoms with Crippen molar-refractivity contribution >= 4 is 5.91 Å². The Morgan fingerprint density at radius 1 is 1.38 bits per heavy atom. The Morgan fingerprint density at radius 3 is 2.79 bits per heavy atom. The quantitative estimate of drug-likeness (QED) is 0.902. The van der Waals surface area contributed by atoms with Gasteiger partial charge in [0.05, 0.1) is 5.69 Å². The molecule has 0 bridgehead atoms. The normalized spacial score (nSPS) is 15.6. The van der Waals surface area contributed by atoms with E-state index in [9.17, 15) is 4.79 Å². The van der Waals surface area contributed by atoms with Crippen molar-refractivity contribution in [1.82, 2.24) is 24.6 Å². The van der Waals surface area contributed by atoms with E-state index in [0.29, 0.717) is 18.2 Å². The number of amides is 1. The molecular formula is C17H25N5O2. The molecule has 7 heteroatoms. The van der Waals surface area contributed by atoms with Gasteiger partial charge in [-0.15, -0.1) is 0 Å². The molecule has 0 aromatic carbocycles. The van der Waals surface area contributed by atoms with Crippen molar-refractivity contribution in [3.05, 3.63) is 35.2 Å². The molecule has 1 aliphatic heterocycles. The molecule has 3 rings (SSSR count). The summed E-state index contributed by atoms with van der Waals surface area (Å²) in [6.07, 6.45) is 3.94. The van der Waals surface area contributed by atoms with Crippen molar-refractivity contribution in [3.8, 4) is 0 Å². The summed E-state index contributed by atoms with van der Waals surface area (Å²) in [6.45, 7) is 6.83. The van der Waals surface area contributed by atoms with Crippen molar-refractivity contribution < 1.29 is 9.53 Å². The molecule has 1 saturated heterocycles. The first-order valence-corrected chi connectivity index (χ1v) is 8.45. The summed E-state index contributed by atoms with van der Waals surface area (Å²) in [6, 6.07) is 1.80. The predicted octanol–water partition coefficient (Wildman–Crippen LogP) is 1.56. The average Bonchev–Trinajstić information content (AvgIpc) is 3.10. The SMILES string of the molecule is Cc1cc(C(=O)NCCn2c(C)cnc2C2CCOCC2)n(C)n1. The van der Waals surface area contributed by atoms with E-state index in [1.165, 1.54) is 0 Å². The van der Waals surface area contributed by atoms with Crippen molar-refractivity contribution in [2.45, 2.75) is 39.2 Å². The van der Waals surface area contributed by atoms with Crippen molar-refractivity contribution in [2.75, 3.05) is 19.8 Å². The average molecular weight is 331 g/mol. The number of nitrogens with zero attached hydrogens (tertiary/aromatic N) is 4. The molecule has 2 aromatic rings. The molecule has 7 nitrogen and oxygen atoms in total. The van der Waals surface area contributed by atoms with Crippen LogP contribution in [0.2, 0.25) is 0 Å². The third-order valence-corrected chi connectivity index (χ3v) is 4.53. The number of nitrogens with one attached hydrogen (secondary N) is 1. The van der Waals surface area contributed by atoms with Crippen molar-refractivity contribution in [2.24, 2.45) is 7.05 Å². The van der Waals surface area contributed by atoms with E-state index in [1.807, 2.05) is 13.1 Å². The molecule has 2 aromatic heterocycles. The topological polar surface area (TPSA) is 74.0 Å². The molecule has 1 N–H and O–H groups in total. The molecule has 130 valence electrons. The summed E-state index contributed by atoms with van der Waals surface area (Å²) in [5, 5.41) is 7.18. The van der Waals surface area contributed by atoms with E-state index in [2.05, 4.69) is 26.9 Å². The Kier molecular flexibility index (Phi) is 4.99. The molecule has 0 aliphatic carbocycles. The molecule has 24 heavy (non-hydrogen) atoms. The van der Waals surface area contributed by atoms with Crippen LogP contribution in [-0.4, -0.2) is 45.0 Å². The fraction of sp³-hybridized carbons (Fsp3) is 0.588. The van der Waals surface area contributed by atoms with Gasteiger partial charge >= 0.3 is 0 Å². The van der Waals surface area contributed by atoms with Crippen LogP contribution < -0.4 is 5.32 Å². The van der Waals surface area contributed by atoms with Gasteiger partial charge in [0.1, 0.15) is 11.5 Å². The zero-order chi connectivity index (χ0) is 17.1. The zero-order valence-electron chi connectivity index (χ0n) is 14.6. The molecule has 1 fully saturated rings. The molecule has 0 spiro atoms. The Labute approximate surface area is 142 Å². The van der Waals surface area contributed by atoms with Crippen LogP contribution in [-0.2, 0) is 18.3 Å². The number of ether oxygens (including phenoxy) is 1. The number of imidazole rings is 1. The Hall–Kier alpha value is -2.15. The number of carbonyl (C=O) groups is 1. The van der Waals surface area contributed by atoms with E-state index in [1.54, 1.807) is 17.8 Å². The third-order valence-electron chi connectivity index (χ3n) is 4.53. The minimum atomic E-state index is -0.0940. The first-order chi connectivity index (χ1) is 11.6. The number of hydrogen-bond acceptors (Lipinski definition) is 4. The molecular weight excluding hydrogens is 306 g/mol. The van der Waals surface area contributed by atoms with Gasteiger partial charge in [0.15, 0.2) is 0 Å². The van der Waals surface area contributed by atoms with Crippen molar-refractivity contribution in [1.29, 1.82) is 0 Å². The second-order valence-electron chi connectivity index (χ2n) is 6.35. The van der Waals surface area contributed by atoms with E-state index >= 15 is 0 Å². The fourth-order valence-corrected chi connectivity index (χ4v) is 3.25. The lowest BCUT2D eigenvalue weighted by Crippen LogP contribution is -2.30. The van der Waals surface area contributed by atoms with Gasteiger partial charge in [0, 0.05) is 51.2 Å². The van der Waals surface area contributed by atoms with Crippen LogP contribution in [0.25, 0.3) is 0 Å². The lowest BCUT2D eigenvalue weighted by atomic mass is 9.99. The number of aryl methyl sites for hydroxylation is 3. The highest BCUT2D eigenvalue weighted by atomic mass is 16.5. The molecule has 1 aliphatic rings. The van der Waals surface area contributed by atoms with E-state index in [-0.39, 0.29) is 5.91 Å². The van der Waals surface area contributed by atoms with E-state index < -0.39 is 0 Å². The molecule has 0 atom stereocenters. The first-order valence-electron chi connectivity index (χ1n) is 8.45.